The van der Waals surface area contributed by atoms with Gasteiger partial charge in [0.15, 0.2) is 11.6 Å². The van der Waals surface area contributed by atoms with Gasteiger partial charge < -0.3 is 14.6 Å². The van der Waals surface area contributed by atoms with E-state index in [9.17, 15) is 13.2 Å². The largest absolute Gasteiger partial charge is 0.491 e. The molecule has 0 atom stereocenters. The first kappa shape index (κ1) is 18.0. The molecule has 0 amide bonds. The smallest absolute Gasteiger partial charge is 0.400 e. The van der Waals surface area contributed by atoms with Crippen LogP contribution >= 0.6 is 0 Å². The van der Waals surface area contributed by atoms with E-state index in [4.69, 9.17) is 9.31 Å². The van der Waals surface area contributed by atoms with Crippen LogP contribution in [-0.4, -0.2) is 31.9 Å². The fourth-order valence-corrected chi connectivity index (χ4v) is 2.26. The normalized spacial score (nSPS) is 20.2. The minimum atomic E-state index is -1.23. The summed E-state index contributed by atoms with van der Waals surface area (Å²) >= 11 is 0. The molecule has 0 spiro atoms. The van der Waals surface area contributed by atoms with Gasteiger partial charge in [-0.1, -0.05) is 6.08 Å². The summed E-state index contributed by atoms with van der Waals surface area (Å²) in [4.78, 5) is 0. The van der Waals surface area contributed by atoms with Crippen molar-refractivity contribution in [2.75, 3.05) is 13.6 Å². The van der Waals surface area contributed by atoms with Gasteiger partial charge in [0.05, 0.1) is 11.2 Å². The van der Waals surface area contributed by atoms with Crippen molar-refractivity contribution in [1.29, 1.82) is 0 Å². The topological polar surface area (TPSA) is 30.5 Å². The van der Waals surface area contributed by atoms with E-state index in [0.29, 0.717) is 5.47 Å². The SMILES string of the molecule is CNCC(=Cc1c(F)ccc(F)c1F)B1OC(C)(C)C(C)(C)O1. The van der Waals surface area contributed by atoms with Crippen LogP contribution in [0.25, 0.3) is 6.08 Å². The standard InChI is InChI=1S/C16H21BF3NO2/c1-15(2)16(3,4)23-17(22-15)10(9-21-5)8-11-12(18)6-7-13(19)14(11)20/h6-8,21H,9H2,1-5H3. The summed E-state index contributed by atoms with van der Waals surface area (Å²) in [5, 5.41) is 2.91. The molecule has 1 saturated heterocycles. The molecule has 1 fully saturated rings. The minimum absolute atomic E-state index is 0.284. The average Bonchev–Trinajstić information content (AvgIpc) is 2.66. The van der Waals surface area contributed by atoms with Crippen molar-refractivity contribution in [3.8, 4) is 0 Å². The van der Waals surface area contributed by atoms with E-state index in [1.807, 2.05) is 27.7 Å². The molecule has 0 aromatic heterocycles. The highest BCUT2D eigenvalue weighted by molar-refractivity contribution is 6.55. The van der Waals surface area contributed by atoms with Crippen LogP contribution in [0.2, 0.25) is 0 Å². The Labute approximate surface area is 135 Å². The summed E-state index contributed by atoms with van der Waals surface area (Å²) in [5.74, 6) is -3.17. The highest BCUT2D eigenvalue weighted by Crippen LogP contribution is 2.38. The highest BCUT2D eigenvalue weighted by atomic mass is 19.2. The van der Waals surface area contributed by atoms with Crippen molar-refractivity contribution < 1.29 is 22.5 Å². The molecular formula is C16H21BF3NO2. The average molecular weight is 327 g/mol. The molecule has 0 aliphatic carbocycles. The van der Waals surface area contributed by atoms with Gasteiger partial charge >= 0.3 is 7.12 Å². The van der Waals surface area contributed by atoms with Crippen LogP contribution in [0, 0.1) is 17.5 Å². The van der Waals surface area contributed by atoms with E-state index in [2.05, 4.69) is 5.32 Å². The maximum atomic E-state index is 13.9. The summed E-state index contributed by atoms with van der Waals surface area (Å²) in [5.41, 5.74) is -1.12. The molecule has 7 heteroatoms. The molecule has 2 rings (SSSR count). The highest BCUT2D eigenvalue weighted by Gasteiger charge is 2.52. The fraction of sp³-hybridized carbons (Fsp3) is 0.500. The van der Waals surface area contributed by atoms with Gasteiger partial charge in [-0.3, -0.25) is 0 Å². The second-order valence-corrected chi connectivity index (χ2v) is 6.59. The number of likely N-dealkylation sites (N-methyl/N-ethyl adjacent to an activating group) is 1. The Morgan fingerprint density at radius 2 is 1.61 bits per heavy atom. The van der Waals surface area contributed by atoms with Gasteiger partial charge in [0.1, 0.15) is 5.82 Å². The van der Waals surface area contributed by atoms with Gasteiger partial charge in [0, 0.05) is 12.1 Å². The van der Waals surface area contributed by atoms with Crippen LogP contribution < -0.4 is 5.32 Å². The molecule has 126 valence electrons. The number of nitrogens with one attached hydrogen (secondary N) is 1. The predicted molar refractivity (Wildman–Crippen MR) is 84.3 cm³/mol. The number of hydrogen-bond donors (Lipinski definition) is 1. The lowest BCUT2D eigenvalue weighted by molar-refractivity contribution is 0.00578. The summed E-state index contributed by atoms with van der Waals surface area (Å²) in [6.45, 7) is 7.81. The molecule has 1 aliphatic rings. The van der Waals surface area contributed by atoms with Crippen molar-refractivity contribution in [3.05, 3.63) is 40.6 Å². The molecular weight excluding hydrogens is 306 g/mol. The fourth-order valence-electron chi connectivity index (χ4n) is 2.26. The van der Waals surface area contributed by atoms with Gasteiger partial charge in [-0.2, -0.15) is 0 Å². The lowest BCUT2D eigenvalue weighted by atomic mass is 9.77. The first-order chi connectivity index (χ1) is 10.6. The Morgan fingerprint density at radius 3 is 2.13 bits per heavy atom. The lowest BCUT2D eigenvalue weighted by Crippen LogP contribution is -2.41. The molecule has 3 nitrogen and oxygen atoms in total. The Kier molecular flexibility index (Phi) is 4.94. The summed E-state index contributed by atoms with van der Waals surface area (Å²) in [6.07, 6.45) is 1.24. The van der Waals surface area contributed by atoms with Crippen LogP contribution in [0.1, 0.15) is 33.3 Å². The number of halogens is 3. The molecule has 23 heavy (non-hydrogen) atoms. The van der Waals surface area contributed by atoms with Gasteiger partial charge in [-0.15, -0.1) is 0 Å². The molecule has 1 heterocycles. The summed E-state index contributed by atoms with van der Waals surface area (Å²) in [7, 11) is 0.923. The maximum Gasteiger partial charge on any atom is 0.491 e. The zero-order valence-corrected chi connectivity index (χ0v) is 14.0. The summed E-state index contributed by atoms with van der Waals surface area (Å²) < 4.78 is 52.9. The van der Waals surface area contributed by atoms with E-state index >= 15 is 0 Å². The second kappa shape index (κ2) is 6.30. The number of rotatable bonds is 4. The molecule has 0 radical (unpaired) electrons. The van der Waals surface area contributed by atoms with Crippen molar-refractivity contribution >= 4 is 13.2 Å². The quantitative estimate of drug-likeness (QED) is 0.680. The van der Waals surface area contributed by atoms with E-state index in [0.717, 1.165) is 12.1 Å². The van der Waals surface area contributed by atoms with Crippen LogP contribution in [0.15, 0.2) is 17.6 Å². The molecule has 1 N–H and O–H groups in total. The Bertz CT molecular complexity index is 616. The van der Waals surface area contributed by atoms with Crippen LogP contribution in [0.4, 0.5) is 13.2 Å². The van der Waals surface area contributed by atoms with Gasteiger partial charge in [-0.25, -0.2) is 13.2 Å². The van der Waals surface area contributed by atoms with E-state index in [-0.39, 0.29) is 6.54 Å². The van der Waals surface area contributed by atoms with Crippen molar-refractivity contribution in [3.63, 3.8) is 0 Å². The lowest BCUT2D eigenvalue weighted by Gasteiger charge is -2.32. The Morgan fingerprint density at radius 1 is 1.09 bits per heavy atom. The molecule has 1 aromatic carbocycles. The third-order valence-corrected chi connectivity index (χ3v) is 4.35. The molecule has 1 aromatic rings. The van der Waals surface area contributed by atoms with Crippen LogP contribution in [0.3, 0.4) is 0 Å². The third-order valence-electron chi connectivity index (χ3n) is 4.35. The predicted octanol–water partition coefficient (Wildman–Crippen LogP) is 3.34. The van der Waals surface area contributed by atoms with Crippen LogP contribution in [-0.2, 0) is 9.31 Å². The first-order valence-electron chi connectivity index (χ1n) is 7.43. The Hall–Kier alpha value is -1.31. The zero-order chi connectivity index (χ0) is 17.4. The zero-order valence-electron chi connectivity index (χ0n) is 14.0. The number of benzene rings is 1. The minimum Gasteiger partial charge on any atom is -0.400 e. The van der Waals surface area contributed by atoms with Crippen molar-refractivity contribution in [2.24, 2.45) is 0 Å². The molecule has 0 saturated carbocycles. The third kappa shape index (κ3) is 3.46. The second-order valence-electron chi connectivity index (χ2n) is 6.59. The molecule has 0 bridgehead atoms. The van der Waals surface area contributed by atoms with E-state index in [1.165, 1.54) is 6.08 Å². The van der Waals surface area contributed by atoms with Crippen molar-refractivity contribution in [2.45, 2.75) is 38.9 Å². The van der Waals surface area contributed by atoms with Gasteiger partial charge in [0.2, 0.25) is 0 Å². The number of hydrogen-bond acceptors (Lipinski definition) is 3. The van der Waals surface area contributed by atoms with Gasteiger partial charge in [-0.05, 0) is 52.3 Å². The Balaban J connectivity index is 2.43. The summed E-state index contributed by atoms with van der Waals surface area (Å²) in [6, 6.07) is 1.65. The molecule has 0 unspecified atom stereocenters. The maximum absolute atomic E-state index is 13.9. The van der Waals surface area contributed by atoms with Crippen molar-refractivity contribution in [1.82, 2.24) is 5.32 Å². The monoisotopic (exact) mass is 327 g/mol. The van der Waals surface area contributed by atoms with E-state index in [1.54, 1.807) is 7.05 Å². The van der Waals surface area contributed by atoms with E-state index < -0.39 is 41.3 Å². The van der Waals surface area contributed by atoms with Crippen LogP contribution in [0.5, 0.6) is 0 Å². The van der Waals surface area contributed by atoms with Gasteiger partial charge in [0.25, 0.3) is 0 Å². The first-order valence-corrected chi connectivity index (χ1v) is 7.43. The molecule has 1 aliphatic heterocycles.